The minimum absolute atomic E-state index is 0.0643. The molecule has 6 rings (SSSR count). The monoisotopic (exact) mass is 638 g/mol. The van der Waals surface area contributed by atoms with Crippen LogP contribution in [0.25, 0.3) is 5.69 Å². The molecule has 0 spiro atoms. The summed E-state index contributed by atoms with van der Waals surface area (Å²) in [5.41, 5.74) is 1.29. The van der Waals surface area contributed by atoms with Crippen molar-refractivity contribution in [1.29, 1.82) is 0 Å². The number of rotatable bonds is 7. The predicted molar refractivity (Wildman–Crippen MR) is 155 cm³/mol. The quantitative estimate of drug-likeness (QED) is 0.278. The SMILES string of the molecule is O=C(NCc1ccccc1)c1c2n(c(=O)n1-c1ccc(OC3CC3)cc1)CCN(C(=O)c1cc(Cl)c(Br)cc1F)C2. The first-order chi connectivity index (χ1) is 19.8. The Hall–Kier alpha value is -3.89. The zero-order valence-electron chi connectivity index (χ0n) is 21.8. The van der Waals surface area contributed by atoms with Crippen LogP contribution in [0.5, 0.6) is 5.75 Å². The van der Waals surface area contributed by atoms with Crippen molar-refractivity contribution in [2.75, 3.05) is 6.54 Å². The fourth-order valence-corrected chi connectivity index (χ4v) is 5.36. The van der Waals surface area contributed by atoms with Gasteiger partial charge in [0.1, 0.15) is 17.3 Å². The van der Waals surface area contributed by atoms with Gasteiger partial charge in [0.2, 0.25) is 0 Å². The fourth-order valence-electron chi connectivity index (χ4n) is 4.88. The zero-order chi connectivity index (χ0) is 28.7. The van der Waals surface area contributed by atoms with Gasteiger partial charge in [0, 0.05) is 24.1 Å². The van der Waals surface area contributed by atoms with Gasteiger partial charge in [-0.1, -0.05) is 41.9 Å². The van der Waals surface area contributed by atoms with E-state index >= 15 is 0 Å². The average molecular weight is 640 g/mol. The molecule has 41 heavy (non-hydrogen) atoms. The van der Waals surface area contributed by atoms with Gasteiger partial charge in [0.25, 0.3) is 11.8 Å². The number of benzene rings is 3. The lowest BCUT2D eigenvalue weighted by Crippen LogP contribution is -2.41. The Labute approximate surface area is 248 Å². The number of fused-ring (bicyclic) bond motifs is 1. The predicted octanol–water partition coefficient (Wildman–Crippen LogP) is 5.32. The maximum Gasteiger partial charge on any atom is 0.333 e. The summed E-state index contributed by atoms with van der Waals surface area (Å²) in [6, 6.07) is 18.9. The molecule has 0 radical (unpaired) electrons. The van der Waals surface area contributed by atoms with Gasteiger partial charge in [-0.3, -0.25) is 18.7 Å². The Bertz CT molecular complexity index is 1700. The van der Waals surface area contributed by atoms with Crippen molar-refractivity contribution in [1.82, 2.24) is 19.4 Å². The van der Waals surface area contributed by atoms with E-state index in [4.69, 9.17) is 16.3 Å². The lowest BCUT2D eigenvalue weighted by Gasteiger charge is -2.28. The third kappa shape index (κ3) is 5.54. The highest BCUT2D eigenvalue weighted by molar-refractivity contribution is 9.10. The standard InChI is InChI=1S/C30H25BrClFN4O4/c31-23-15-25(33)22(14-24(23)32)29(39)35-12-13-36-26(17-35)27(28(38)34-16-18-4-2-1-3-5-18)37(30(36)40)19-6-8-20(9-7-19)41-21-10-11-21/h1-9,14-15,21H,10-13,16-17H2,(H,34,38). The van der Waals surface area contributed by atoms with E-state index in [0.29, 0.717) is 21.6 Å². The minimum atomic E-state index is -0.721. The summed E-state index contributed by atoms with van der Waals surface area (Å²) in [5, 5.41) is 3.11. The topological polar surface area (TPSA) is 85.6 Å². The molecule has 0 unspecified atom stereocenters. The molecule has 0 saturated heterocycles. The summed E-state index contributed by atoms with van der Waals surface area (Å²) in [5.74, 6) is -1.08. The van der Waals surface area contributed by atoms with Crippen LogP contribution >= 0.6 is 27.5 Å². The number of amides is 2. The molecule has 1 fully saturated rings. The minimum Gasteiger partial charge on any atom is -0.490 e. The summed E-state index contributed by atoms with van der Waals surface area (Å²) in [6.45, 7) is 0.478. The Morgan fingerprint density at radius 3 is 2.49 bits per heavy atom. The molecule has 1 aliphatic carbocycles. The second kappa shape index (κ2) is 11.2. The molecular weight excluding hydrogens is 615 g/mol. The van der Waals surface area contributed by atoms with Crippen LogP contribution in [-0.2, 0) is 19.6 Å². The molecule has 2 amide bonds. The van der Waals surface area contributed by atoms with Crippen molar-refractivity contribution in [2.24, 2.45) is 0 Å². The number of ether oxygens (including phenoxy) is 1. The number of hydrogen-bond acceptors (Lipinski definition) is 4. The Balaban J connectivity index is 1.37. The largest absolute Gasteiger partial charge is 0.490 e. The van der Waals surface area contributed by atoms with Crippen LogP contribution in [-0.4, -0.2) is 38.5 Å². The third-order valence-electron chi connectivity index (χ3n) is 7.14. The molecule has 8 nitrogen and oxygen atoms in total. The van der Waals surface area contributed by atoms with Crippen LogP contribution in [0.4, 0.5) is 4.39 Å². The van der Waals surface area contributed by atoms with E-state index in [9.17, 15) is 18.8 Å². The van der Waals surface area contributed by atoms with Crippen LogP contribution in [0.15, 0.2) is 76.0 Å². The van der Waals surface area contributed by atoms with Crippen LogP contribution < -0.4 is 15.7 Å². The molecule has 1 saturated carbocycles. The van der Waals surface area contributed by atoms with Crippen molar-refractivity contribution < 1.29 is 18.7 Å². The van der Waals surface area contributed by atoms with Crippen LogP contribution in [0.1, 0.15) is 44.9 Å². The molecule has 210 valence electrons. The van der Waals surface area contributed by atoms with Crippen molar-refractivity contribution in [3.8, 4) is 11.4 Å². The first kappa shape index (κ1) is 27.3. The Morgan fingerprint density at radius 1 is 1.05 bits per heavy atom. The van der Waals surface area contributed by atoms with Gasteiger partial charge >= 0.3 is 5.69 Å². The molecule has 2 aliphatic rings. The van der Waals surface area contributed by atoms with E-state index in [1.807, 2.05) is 30.3 Å². The number of hydrogen-bond donors (Lipinski definition) is 1. The maximum atomic E-state index is 14.7. The number of nitrogens with zero attached hydrogens (tertiary/aromatic N) is 3. The van der Waals surface area contributed by atoms with Crippen LogP contribution in [0, 0.1) is 5.82 Å². The number of imidazole rings is 1. The van der Waals surface area contributed by atoms with Crippen molar-refractivity contribution in [3.63, 3.8) is 0 Å². The molecule has 0 atom stereocenters. The van der Waals surface area contributed by atoms with Gasteiger partial charge in [-0.25, -0.2) is 9.18 Å². The number of halogens is 3. The third-order valence-corrected chi connectivity index (χ3v) is 8.34. The highest BCUT2D eigenvalue weighted by Crippen LogP contribution is 2.29. The summed E-state index contributed by atoms with van der Waals surface area (Å²) in [7, 11) is 0. The maximum absolute atomic E-state index is 14.7. The van der Waals surface area contributed by atoms with Gasteiger partial charge in [0.15, 0.2) is 0 Å². The summed E-state index contributed by atoms with van der Waals surface area (Å²) >= 11 is 9.31. The number of aromatic nitrogens is 2. The van der Waals surface area contributed by atoms with E-state index in [-0.39, 0.29) is 48.6 Å². The number of carbonyl (C=O) groups excluding carboxylic acids is 2. The molecule has 1 N–H and O–H groups in total. The van der Waals surface area contributed by atoms with Crippen LogP contribution in [0.2, 0.25) is 5.02 Å². The molecule has 2 heterocycles. The Kier molecular flexibility index (Phi) is 7.44. The van der Waals surface area contributed by atoms with Gasteiger partial charge in [0.05, 0.1) is 34.6 Å². The fraction of sp³-hybridized carbons (Fsp3) is 0.233. The number of carbonyl (C=O) groups is 2. The average Bonchev–Trinajstić information content (AvgIpc) is 3.75. The van der Waals surface area contributed by atoms with Crippen molar-refractivity contribution in [3.05, 3.63) is 115 Å². The van der Waals surface area contributed by atoms with E-state index in [2.05, 4.69) is 21.2 Å². The van der Waals surface area contributed by atoms with Crippen molar-refractivity contribution >= 4 is 39.3 Å². The van der Waals surface area contributed by atoms with E-state index < -0.39 is 23.3 Å². The van der Waals surface area contributed by atoms with E-state index in [1.165, 1.54) is 20.1 Å². The van der Waals surface area contributed by atoms with E-state index in [0.717, 1.165) is 24.5 Å². The molecule has 0 bridgehead atoms. The number of nitrogens with one attached hydrogen (secondary N) is 1. The normalized spacial score (nSPS) is 14.5. The first-order valence-electron chi connectivity index (χ1n) is 13.2. The Morgan fingerprint density at radius 2 is 1.78 bits per heavy atom. The van der Waals surface area contributed by atoms with Gasteiger partial charge in [-0.2, -0.15) is 0 Å². The highest BCUT2D eigenvalue weighted by Gasteiger charge is 2.33. The molecule has 11 heteroatoms. The summed E-state index contributed by atoms with van der Waals surface area (Å²) in [6.07, 6.45) is 2.26. The second-order valence-corrected chi connectivity index (χ2v) is 11.3. The van der Waals surface area contributed by atoms with Crippen LogP contribution in [0.3, 0.4) is 0 Å². The molecule has 3 aromatic carbocycles. The van der Waals surface area contributed by atoms with Gasteiger partial charge in [-0.05, 0) is 70.7 Å². The summed E-state index contributed by atoms with van der Waals surface area (Å²) in [4.78, 5) is 42.2. The molecule has 4 aromatic rings. The zero-order valence-corrected chi connectivity index (χ0v) is 24.1. The van der Waals surface area contributed by atoms with E-state index in [1.54, 1.807) is 24.3 Å². The summed E-state index contributed by atoms with van der Waals surface area (Å²) < 4.78 is 23.8. The molecular formula is C30H25BrClFN4O4. The first-order valence-corrected chi connectivity index (χ1v) is 14.3. The second-order valence-electron chi connectivity index (χ2n) is 10.0. The van der Waals surface area contributed by atoms with Gasteiger partial charge in [-0.15, -0.1) is 0 Å². The molecule has 1 aliphatic heterocycles. The lowest BCUT2D eigenvalue weighted by atomic mass is 10.1. The van der Waals surface area contributed by atoms with Gasteiger partial charge < -0.3 is 15.0 Å². The van der Waals surface area contributed by atoms with Crippen molar-refractivity contribution in [2.45, 2.75) is 38.6 Å². The smallest absolute Gasteiger partial charge is 0.333 e. The lowest BCUT2D eigenvalue weighted by molar-refractivity contribution is 0.0701. The highest BCUT2D eigenvalue weighted by atomic mass is 79.9. The molecule has 1 aromatic heterocycles.